The SMILES string of the molecule is CC(Cc1ccccc1)NC(=O)COc1cccc(N)c1. The summed E-state index contributed by atoms with van der Waals surface area (Å²) in [5, 5.41) is 2.92. The van der Waals surface area contributed by atoms with Gasteiger partial charge in [0.2, 0.25) is 0 Å². The average Bonchev–Trinajstić information content (AvgIpc) is 2.46. The minimum absolute atomic E-state index is 0.0113. The fourth-order valence-corrected chi connectivity index (χ4v) is 2.09. The van der Waals surface area contributed by atoms with E-state index in [-0.39, 0.29) is 18.6 Å². The molecule has 0 heterocycles. The van der Waals surface area contributed by atoms with E-state index in [0.29, 0.717) is 11.4 Å². The summed E-state index contributed by atoms with van der Waals surface area (Å²) >= 11 is 0. The lowest BCUT2D eigenvalue weighted by Gasteiger charge is -2.14. The van der Waals surface area contributed by atoms with Crippen molar-refractivity contribution in [2.75, 3.05) is 12.3 Å². The van der Waals surface area contributed by atoms with E-state index >= 15 is 0 Å². The van der Waals surface area contributed by atoms with Crippen molar-refractivity contribution in [1.29, 1.82) is 0 Å². The lowest BCUT2D eigenvalue weighted by Crippen LogP contribution is -2.37. The first-order chi connectivity index (χ1) is 10.1. The van der Waals surface area contributed by atoms with Gasteiger partial charge in [0, 0.05) is 17.8 Å². The fraction of sp³-hybridized carbons (Fsp3) is 0.235. The quantitative estimate of drug-likeness (QED) is 0.801. The molecule has 1 atom stereocenters. The summed E-state index contributed by atoms with van der Waals surface area (Å²) in [7, 11) is 0. The molecule has 2 aromatic rings. The Morgan fingerprint density at radius 2 is 1.95 bits per heavy atom. The highest BCUT2D eigenvalue weighted by molar-refractivity contribution is 5.77. The summed E-state index contributed by atoms with van der Waals surface area (Å²) in [6.07, 6.45) is 0.796. The van der Waals surface area contributed by atoms with E-state index in [0.717, 1.165) is 6.42 Å². The van der Waals surface area contributed by atoms with Gasteiger partial charge in [-0.05, 0) is 31.0 Å². The van der Waals surface area contributed by atoms with E-state index in [4.69, 9.17) is 10.5 Å². The van der Waals surface area contributed by atoms with Crippen LogP contribution in [0, 0.1) is 0 Å². The molecule has 0 aliphatic rings. The van der Waals surface area contributed by atoms with Crippen molar-refractivity contribution in [2.45, 2.75) is 19.4 Å². The number of carbonyl (C=O) groups excluding carboxylic acids is 1. The van der Waals surface area contributed by atoms with Crippen molar-refractivity contribution >= 4 is 11.6 Å². The second-order valence-electron chi connectivity index (χ2n) is 5.02. The van der Waals surface area contributed by atoms with Gasteiger partial charge in [-0.2, -0.15) is 0 Å². The van der Waals surface area contributed by atoms with Gasteiger partial charge in [0.25, 0.3) is 5.91 Å². The van der Waals surface area contributed by atoms with Gasteiger partial charge in [-0.1, -0.05) is 36.4 Å². The molecule has 0 radical (unpaired) electrons. The number of anilines is 1. The molecule has 110 valence electrons. The van der Waals surface area contributed by atoms with Crippen molar-refractivity contribution < 1.29 is 9.53 Å². The number of ether oxygens (including phenoxy) is 1. The maximum Gasteiger partial charge on any atom is 0.258 e. The summed E-state index contributed by atoms with van der Waals surface area (Å²) in [6, 6.07) is 17.2. The van der Waals surface area contributed by atoms with Crippen molar-refractivity contribution in [3.63, 3.8) is 0 Å². The van der Waals surface area contributed by atoms with Gasteiger partial charge in [0.05, 0.1) is 0 Å². The van der Waals surface area contributed by atoms with Crippen LogP contribution in [0.1, 0.15) is 12.5 Å². The fourth-order valence-electron chi connectivity index (χ4n) is 2.09. The largest absolute Gasteiger partial charge is 0.484 e. The van der Waals surface area contributed by atoms with E-state index in [9.17, 15) is 4.79 Å². The number of nitrogen functional groups attached to an aromatic ring is 1. The third kappa shape index (κ3) is 5.18. The number of hydrogen-bond donors (Lipinski definition) is 2. The first-order valence-corrected chi connectivity index (χ1v) is 6.95. The summed E-state index contributed by atoms with van der Waals surface area (Å²) in [6.45, 7) is 1.97. The number of nitrogens with one attached hydrogen (secondary N) is 1. The van der Waals surface area contributed by atoms with Gasteiger partial charge in [-0.3, -0.25) is 4.79 Å². The van der Waals surface area contributed by atoms with Crippen LogP contribution in [0.2, 0.25) is 0 Å². The molecule has 3 N–H and O–H groups in total. The topological polar surface area (TPSA) is 64.3 Å². The number of rotatable bonds is 6. The zero-order chi connectivity index (χ0) is 15.1. The van der Waals surface area contributed by atoms with Gasteiger partial charge in [-0.25, -0.2) is 0 Å². The van der Waals surface area contributed by atoms with Crippen molar-refractivity contribution in [3.8, 4) is 5.75 Å². The lowest BCUT2D eigenvalue weighted by atomic mass is 10.1. The van der Waals surface area contributed by atoms with Crippen LogP contribution in [0.5, 0.6) is 5.75 Å². The first kappa shape index (κ1) is 14.9. The van der Waals surface area contributed by atoms with E-state index in [1.165, 1.54) is 5.56 Å². The molecular formula is C17H20N2O2. The molecule has 0 saturated heterocycles. The third-order valence-corrected chi connectivity index (χ3v) is 3.02. The van der Waals surface area contributed by atoms with Gasteiger partial charge in [-0.15, -0.1) is 0 Å². The number of hydrogen-bond acceptors (Lipinski definition) is 3. The zero-order valence-electron chi connectivity index (χ0n) is 12.1. The maximum absolute atomic E-state index is 11.8. The highest BCUT2D eigenvalue weighted by atomic mass is 16.5. The minimum atomic E-state index is -0.138. The van der Waals surface area contributed by atoms with Crippen LogP contribution >= 0.6 is 0 Å². The monoisotopic (exact) mass is 284 g/mol. The lowest BCUT2D eigenvalue weighted by molar-refractivity contribution is -0.123. The minimum Gasteiger partial charge on any atom is -0.484 e. The summed E-state index contributed by atoms with van der Waals surface area (Å²) in [4.78, 5) is 11.8. The summed E-state index contributed by atoms with van der Waals surface area (Å²) in [5.74, 6) is 0.460. The molecule has 0 bridgehead atoms. The molecular weight excluding hydrogens is 264 g/mol. The van der Waals surface area contributed by atoms with Gasteiger partial charge in [0.15, 0.2) is 6.61 Å². The second kappa shape index (κ2) is 7.33. The van der Waals surface area contributed by atoms with Gasteiger partial charge in [0.1, 0.15) is 5.75 Å². The smallest absolute Gasteiger partial charge is 0.258 e. The van der Waals surface area contributed by atoms with Crippen LogP contribution in [-0.4, -0.2) is 18.6 Å². The molecule has 0 spiro atoms. The molecule has 21 heavy (non-hydrogen) atoms. The van der Waals surface area contributed by atoms with E-state index < -0.39 is 0 Å². The Balaban J connectivity index is 1.76. The molecule has 1 amide bonds. The Morgan fingerprint density at radius 1 is 1.19 bits per heavy atom. The van der Waals surface area contributed by atoms with Gasteiger partial charge >= 0.3 is 0 Å². The van der Waals surface area contributed by atoms with Gasteiger partial charge < -0.3 is 15.8 Å². The van der Waals surface area contributed by atoms with Crippen molar-refractivity contribution in [1.82, 2.24) is 5.32 Å². The molecule has 2 aromatic carbocycles. The third-order valence-electron chi connectivity index (χ3n) is 3.02. The molecule has 1 unspecified atom stereocenters. The predicted octanol–water partition coefficient (Wildman–Crippen LogP) is 2.40. The Kier molecular flexibility index (Phi) is 5.21. The molecule has 2 rings (SSSR count). The molecule has 4 nitrogen and oxygen atoms in total. The van der Waals surface area contributed by atoms with Crippen LogP contribution in [-0.2, 0) is 11.2 Å². The standard InChI is InChI=1S/C17H20N2O2/c1-13(10-14-6-3-2-4-7-14)19-17(20)12-21-16-9-5-8-15(18)11-16/h2-9,11,13H,10,12,18H2,1H3,(H,19,20). The highest BCUT2D eigenvalue weighted by Gasteiger charge is 2.08. The average molecular weight is 284 g/mol. The Hall–Kier alpha value is -2.49. The maximum atomic E-state index is 11.8. The second-order valence-corrected chi connectivity index (χ2v) is 5.02. The number of nitrogens with two attached hydrogens (primary N) is 1. The zero-order valence-corrected chi connectivity index (χ0v) is 12.1. The van der Waals surface area contributed by atoms with E-state index in [1.54, 1.807) is 24.3 Å². The molecule has 0 fully saturated rings. The molecule has 4 heteroatoms. The Bertz CT molecular complexity index is 584. The molecule has 0 aliphatic heterocycles. The summed E-state index contributed by atoms with van der Waals surface area (Å²) in [5.41, 5.74) is 7.46. The van der Waals surface area contributed by atoms with Crippen LogP contribution in [0.25, 0.3) is 0 Å². The Labute approximate surface area is 124 Å². The molecule has 0 aliphatic carbocycles. The number of benzene rings is 2. The highest BCUT2D eigenvalue weighted by Crippen LogP contribution is 2.14. The van der Waals surface area contributed by atoms with E-state index in [2.05, 4.69) is 5.32 Å². The van der Waals surface area contributed by atoms with Crippen LogP contribution in [0.15, 0.2) is 54.6 Å². The first-order valence-electron chi connectivity index (χ1n) is 6.95. The molecule has 0 saturated carbocycles. The normalized spacial score (nSPS) is 11.7. The Morgan fingerprint density at radius 3 is 2.67 bits per heavy atom. The number of amides is 1. The van der Waals surface area contributed by atoms with Crippen LogP contribution in [0.4, 0.5) is 5.69 Å². The predicted molar refractivity (Wildman–Crippen MR) is 84.1 cm³/mol. The van der Waals surface area contributed by atoms with Crippen molar-refractivity contribution in [3.05, 3.63) is 60.2 Å². The van der Waals surface area contributed by atoms with E-state index in [1.807, 2.05) is 37.3 Å². The number of carbonyl (C=O) groups is 1. The van der Waals surface area contributed by atoms with Crippen LogP contribution in [0.3, 0.4) is 0 Å². The van der Waals surface area contributed by atoms with Crippen molar-refractivity contribution in [2.24, 2.45) is 0 Å². The van der Waals surface area contributed by atoms with Crippen LogP contribution < -0.4 is 15.8 Å². The molecule has 0 aromatic heterocycles. The summed E-state index contributed by atoms with van der Waals surface area (Å²) < 4.78 is 5.41.